The van der Waals surface area contributed by atoms with Crippen LogP contribution in [0, 0.1) is 11.3 Å². The summed E-state index contributed by atoms with van der Waals surface area (Å²) in [6, 6.07) is 35.2. The zero-order valence-electron chi connectivity index (χ0n) is 14.8. The first-order valence-electron chi connectivity index (χ1n) is 8.91. The molecule has 0 aliphatic carbocycles. The fourth-order valence-corrected chi connectivity index (χ4v) is 8.63. The van der Waals surface area contributed by atoms with E-state index in [2.05, 4.69) is 97.1 Å². The summed E-state index contributed by atoms with van der Waals surface area (Å²) in [7, 11) is -2.08. The van der Waals surface area contributed by atoms with Gasteiger partial charge >= 0.3 is 151 Å². The molecule has 0 aliphatic rings. The number of benzene rings is 3. The van der Waals surface area contributed by atoms with Crippen molar-refractivity contribution in [2.24, 2.45) is 0 Å². The Morgan fingerprint density at radius 3 is 1.35 bits per heavy atom. The van der Waals surface area contributed by atoms with Gasteiger partial charge in [0, 0.05) is 0 Å². The van der Waals surface area contributed by atoms with Crippen LogP contribution >= 0.6 is 24.2 Å². The van der Waals surface area contributed by atoms with Gasteiger partial charge in [-0.25, -0.2) is 0 Å². The van der Waals surface area contributed by atoms with Gasteiger partial charge < -0.3 is 0 Å². The second-order valence-corrected chi connectivity index (χ2v) is 10.4. The Morgan fingerprint density at radius 1 is 0.615 bits per heavy atom. The molecule has 26 heavy (non-hydrogen) atoms. The van der Waals surface area contributed by atoms with Crippen molar-refractivity contribution in [3.63, 3.8) is 0 Å². The summed E-state index contributed by atoms with van der Waals surface area (Å²) in [5.41, 5.74) is 0. The number of nitrogens with zero attached hydrogens (tertiary/aromatic N) is 1. The van der Waals surface area contributed by atoms with E-state index in [1.807, 2.05) is 0 Å². The van der Waals surface area contributed by atoms with Gasteiger partial charge in [0.05, 0.1) is 0 Å². The van der Waals surface area contributed by atoms with Crippen molar-refractivity contribution >= 4 is 40.2 Å². The van der Waals surface area contributed by atoms with Crippen molar-refractivity contribution in [3.8, 4) is 6.07 Å². The second-order valence-electron chi connectivity index (χ2n) is 6.37. The number of halogens is 1. The van der Waals surface area contributed by atoms with Crippen molar-refractivity contribution in [3.05, 3.63) is 91.0 Å². The van der Waals surface area contributed by atoms with E-state index < -0.39 is 7.26 Å². The molecule has 3 aromatic carbocycles. The molecule has 3 heteroatoms. The third-order valence-corrected chi connectivity index (χ3v) is 9.95. The Balaban J connectivity index is 0.00000243. The normalized spacial score (nSPS) is 11.2. The summed E-state index contributed by atoms with van der Waals surface area (Å²) < 4.78 is 0. The van der Waals surface area contributed by atoms with Crippen LogP contribution in [0.2, 0.25) is 0 Å². The molecule has 1 nitrogen and oxygen atoms in total. The molecule has 0 spiro atoms. The monoisotopic (exact) mass is 425 g/mol. The summed E-state index contributed by atoms with van der Waals surface area (Å²) in [4.78, 5) is 0. The van der Waals surface area contributed by atoms with E-state index in [4.69, 9.17) is 5.26 Å². The van der Waals surface area contributed by atoms with Gasteiger partial charge in [0.15, 0.2) is 0 Å². The first-order valence-corrected chi connectivity index (χ1v) is 11.1. The summed E-state index contributed by atoms with van der Waals surface area (Å²) in [6.45, 7) is 0. The molecule has 0 bridgehead atoms. The Hall–Kier alpha value is -1.94. The van der Waals surface area contributed by atoms with Crippen LogP contribution in [0.4, 0.5) is 0 Å². The van der Waals surface area contributed by atoms with E-state index in [0.29, 0.717) is 6.42 Å². The Bertz CT molecular complexity index is 716. The van der Waals surface area contributed by atoms with Gasteiger partial charge in [0.1, 0.15) is 0 Å². The van der Waals surface area contributed by atoms with E-state index >= 15 is 0 Å². The molecule has 134 valence electrons. The van der Waals surface area contributed by atoms with Gasteiger partial charge in [-0.05, 0) is 0 Å². The molecule has 0 unspecified atom stereocenters. The second kappa shape index (κ2) is 10.3. The zero-order valence-corrected chi connectivity index (χ0v) is 17.6. The Labute approximate surface area is 167 Å². The summed E-state index contributed by atoms with van der Waals surface area (Å²) in [5, 5.41) is 13.3. The molecule has 3 rings (SSSR count). The average Bonchev–Trinajstić information content (AvgIpc) is 2.70. The van der Waals surface area contributed by atoms with Crippen molar-refractivity contribution in [1.29, 1.82) is 5.26 Å². The maximum absolute atomic E-state index is 8.91. The minimum atomic E-state index is -2.08. The maximum atomic E-state index is 8.91. The van der Waals surface area contributed by atoms with E-state index in [1.165, 1.54) is 15.9 Å². The van der Waals surface area contributed by atoms with Crippen LogP contribution in [0.15, 0.2) is 91.0 Å². The van der Waals surface area contributed by atoms with Crippen molar-refractivity contribution in [2.75, 3.05) is 6.16 Å². The van der Waals surface area contributed by atoms with Crippen LogP contribution in [0.1, 0.15) is 19.3 Å². The van der Waals surface area contributed by atoms with Gasteiger partial charge in [-0.3, -0.25) is 0 Å². The number of hydrogen-bond acceptors (Lipinski definition) is 1. The first-order chi connectivity index (χ1) is 12.4. The number of nitriles is 1. The zero-order chi connectivity index (χ0) is 17.4. The summed E-state index contributed by atoms with van der Waals surface area (Å²) in [5.74, 6) is 0. The fourth-order valence-electron chi connectivity index (χ4n) is 3.70. The van der Waals surface area contributed by atoms with Gasteiger partial charge in [-0.1, -0.05) is 0 Å². The van der Waals surface area contributed by atoms with Gasteiger partial charge in [0.25, 0.3) is 0 Å². The van der Waals surface area contributed by atoms with E-state index in [0.717, 1.165) is 19.0 Å². The van der Waals surface area contributed by atoms with E-state index in [-0.39, 0.29) is 17.0 Å². The molecule has 0 amide bonds. The fraction of sp³-hybridized carbons (Fsp3) is 0.174. The van der Waals surface area contributed by atoms with E-state index in [9.17, 15) is 0 Å². The predicted molar refractivity (Wildman–Crippen MR) is 121 cm³/mol. The molecule has 0 aromatic heterocycles. The molecular weight excluding hydrogens is 401 g/mol. The third kappa shape index (κ3) is 4.42. The molecular formula is C23H25BrNP. The molecule has 0 atom stereocenters. The van der Waals surface area contributed by atoms with Crippen LogP contribution in [0.25, 0.3) is 0 Å². The molecule has 0 heterocycles. The van der Waals surface area contributed by atoms with Crippen LogP contribution in [-0.2, 0) is 0 Å². The quantitative estimate of drug-likeness (QED) is 0.386. The molecule has 0 saturated heterocycles. The average molecular weight is 426 g/mol. The van der Waals surface area contributed by atoms with Gasteiger partial charge in [-0.15, -0.1) is 17.0 Å². The van der Waals surface area contributed by atoms with Crippen LogP contribution in [0.3, 0.4) is 0 Å². The first kappa shape index (κ1) is 20.4. The van der Waals surface area contributed by atoms with Crippen LogP contribution < -0.4 is 15.9 Å². The number of hydrogen-bond donors (Lipinski definition) is 0. The van der Waals surface area contributed by atoms with Crippen molar-refractivity contribution in [2.45, 2.75) is 19.3 Å². The standard InChI is InChI=1S/C23H24NP.BrH/c24-19-11-4-12-20-25(21-13-5-1-6-14-21,22-15-7-2-8-16-22)23-17-9-3-10-18-23;/h1-3,5-10,13-18,25H,4,11-12,20H2;1H. The van der Waals surface area contributed by atoms with E-state index in [1.54, 1.807) is 0 Å². The third-order valence-electron chi connectivity index (χ3n) is 4.89. The molecule has 0 fully saturated rings. The SMILES string of the molecule is Br.N#CCCCC[PH](c1ccccc1)(c1ccccc1)c1ccccc1. The molecule has 0 saturated carbocycles. The number of rotatable bonds is 7. The summed E-state index contributed by atoms with van der Waals surface area (Å²) in [6.07, 6.45) is 3.83. The molecule has 0 radical (unpaired) electrons. The van der Waals surface area contributed by atoms with Gasteiger partial charge in [-0.2, -0.15) is 0 Å². The Morgan fingerprint density at radius 2 is 1.00 bits per heavy atom. The molecule has 3 aromatic rings. The van der Waals surface area contributed by atoms with Gasteiger partial charge in [0.2, 0.25) is 0 Å². The van der Waals surface area contributed by atoms with Crippen LogP contribution in [-0.4, -0.2) is 6.16 Å². The molecule has 0 N–H and O–H groups in total. The van der Waals surface area contributed by atoms with Crippen molar-refractivity contribution < 1.29 is 0 Å². The predicted octanol–water partition coefficient (Wildman–Crippen LogP) is 4.98. The molecule has 0 aliphatic heterocycles. The van der Waals surface area contributed by atoms with Crippen molar-refractivity contribution in [1.82, 2.24) is 0 Å². The number of unbranched alkanes of at least 4 members (excludes halogenated alkanes) is 2. The van der Waals surface area contributed by atoms with Crippen LogP contribution in [0.5, 0.6) is 0 Å². The summed E-state index contributed by atoms with van der Waals surface area (Å²) >= 11 is 0. The minimum absolute atomic E-state index is 0. The Kier molecular flexibility index (Phi) is 8.05. The topological polar surface area (TPSA) is 23.8 Å².